The van der Waals surface area contributed by atoms with Gasteiger partial charge in [-0.25, -0.2) is 0 Å². The van der Waals surface area contributed by atoms with Crippen LogP contribution >= 0.6 is 0 Å². The Balaban J connectivity index is 1.63. The number of pyridine rings is 1. The second kappa shape index (κ2) is 6.38. The van der Waals surface area contributed by atoms with Gasteiger partial charge in [0.2, 0.25) is 0 Å². The van der Waals surface area contributed by atoms with E-state index in [0.29, 0.717) is 18.5 Å². The molecule has 0 bridgehead atoms. The number of carbonyl (C=O) groups is 1. The number of aliphatic hydroxyl groups is 1. The summed E-state index contributed by atoms with van der Waals surface area (Å²) in [6.45, 7) is 2.84. The van der Waals surface area contributed by atoms with Crippen LogP contribution in [0.1, 0.15) is 22.3 Å². The van der Waals surface area contributed by atoms with Crippen molar-refractivity contribution in [2.45, 2.75) is 18.9 Å². The summed E-state index contributed by atoms with van der Waals surface area (Å²) in [4.78, 5) is 18.3. The molecule has 1 saturated heterocycles. The van der Waals surface area contributed by atoms with Crippen LogP contribution in [0.4, 0.5) is 0 Å². The summed E-state index contributed by atoms with van der Waals surface area (Å²) in [6.07, 6.45) is 3.80. The Bertz CT molecular complexity index is 690. The van der Waals surface area contributed by atoms with Crippen LogP contribution < -0.4 is 4.74 Å². The molecule has 0 saturated carbocycles. The number of ether oxygens (including phenoxy) is 1. The number of amides is 1. The summed E-state index contributed by atoms with van der Waals surface area (Å²) in [7, 11) is 0. The normalized spacial score (nSPS) is 20.5. The van der Waals surface area contributed by atoms with Crippen molar-refractivity contribution >= 4 is 5.91 Å². The highest BCUT2D eigenvalue weighted by molar-refractivity contribution is 5.95. The van der Waals surface area contributed by atoms with Gasteiger partial charge in [0.25, 0.3) is 5.91 Å². The molecule has 1 N–H and O–H groups in total. The number of rotatable bonds is 4. The fourth-order valence-corrected chi connectivity index (χ4v) is 2.77. The number of benzene rings is 1. The zero-order valence-corrected chi connectivity index (χ0v) is 13.1. The zero-order chi connectivity index (χ0) is 16.3. The lowest BCUT2D eigenvalue weighted by atomic mass is 10.1. The number of β-amino-alcohol motifs (C(OH)–C–C–N with tert-alkyl or cyclic N) is 1. The molecule has 1 fully saturated rings. The Kier molecular flexibility index (Phi) is 4.30. The fraction of sp³-hybridized carbons (Fsp3) is 0.333. The fourth-order valence-electron chi connectivity index (χ4n) is 2.77. The van der Waals surface area contributed by atoms with E-state index in [-0.39, 0.29) is 19.1 Å². The van der Waals surface area contributed by atoms with Crippen molar-refractivity contribution in [1.29, 1.82) is 0 Å². The maximum atomic E-state index is 12.6. The maximum absolute atomic E-state index is 12.6. The van der Waals surface area contributed by atoms with Crippen molar-refractivity contribution in [2.75, 3.05) is 19.7 Å². The predicted molar refractivity (Wildman–Crippen MR) is 86.4 cm³/mol. The lowest BCUT2D eigenvalue weighted by Gasteiger charge is -2.24. The summed E-state index contributed by atoms with van der Waals surface area (Å²) in [5.74, 6) is 0.649. The third kappa shape index (κ3) is 3.51. The molecule has 0 aliphatic carbocycles. The maximum Gasteiger partial charge on any atom is 0.254 e. The van der Waals surface area contributed by atoms with Crippen LogP contribution in [0, 0.1) is 6.92 Å². The Morgan fingerprint density at radius 3 is 2.87 bits per heavy atom. The van der Waals surface area contributed by atoms with Crippen molar-refractivity contribution in [3.05, 3.63) is 59.9 Å². The highest BCUT2D eigenvalue weighted by Crippen LogP contribution is 2.25. The van der Waals surface area contributed by atoms with Crippen molar-refractivity contribution < 1.29 is 14.6 Å². The van der Waals surface area contributed by atoms with Crippen LogP contribution in [0.2, 0.25) is 0 Å². The van der Waals surface area contributed by atoms with Crippen molar-refractivity contribution in [3.8, 4) is 5.75 Å². The van der Waals surface area contributed by atoms with E-state index in [1.807, 2.05) is 37.3 Å². The average Bonchev–Trinajstić information content (AvgIpc) is 2.97. The smallest absolute Gasteiger partial charge is 0.254 e. The molecule has 3 rings (SSSR count). The van der Waals surface area contributed by atoms with E-state index >= 15 is 0 Å². The lowest BCUT2D eigenvalue weighted by Crippen LogP contribution is -2.40. The van der Waals surface area contributed by atoms with Crippen LogP contribution in [-0.2, 0) is 0 Å². The molecule has 1 aliphatic heterocycles. The summed E-state index contributed by atoms with van der Waals surface area (Å²) in [6, 6.07) is 11.1. The van der Waals surface area contributed by atoms with E-state index in [1.54, 1.807) is 23.4 Å². The quantitative estimate of drug-likeness (QED) is 0.938. The molecule has 1 aromatic heterocycles. The van der Waals surface area contributed by atoms with Gasteiger partial charge in [0, 0.05) is 24.5 Å². The Hall–Kier alpha value is -2.40. The summed E-state index contributed by atoms with van der Waals surface area (Å²) in [5, 5.41) is 10.7. The van der Waals surface area contributed by atoms with E-state index in [2.05, 4.69) is 4.98 Å². The van der Waals surface area contributed by atoms with Gasteiger partial charge < -0.3 is 14.7 Å². The van der Waals surface area contributed by atoms with Gasteiger partial charge in [0.15, 0.2) is 0 Å². The standard InChI is InChI=1S/C18H20N2O3/c1-14-11-19-9-7-16(14)17(21)20-10-8-18(22,12-20)13-23-15-5-3-2-4-6-15/h2-7,9,11,22H,8,10,12-13H2,1H3. The molecule has 120 valence electrons. The zero-order valence-electron chi connectivity index (χ0n) is 13.1. The SMILES string of the molecule is Cc1cnccc1C(=O)N1CCC(O)(COc2ccccc2)C1. The minimum absolute atomic E-state index is 0.0689. The lowest BCUT2D eigenvalue weighted by molar-refractivity contribution is 0.00430. The molecule has 23 heavy (non-hydrogen) atoms. The summed E-state index contributed by atoms with van der Waals surface area (Å²) >= 11 is 0. The second-order valence-corrected chi connectivity index (χ2v) is 5.99. The molecule has 1 atom stereocenters. The second-order valence-electron chi connectivity index (χ2n) is 5.99. The molecular formula is C18H20N2O3. The van der Waals surface area contributed by atoms with Crippen molar-refractivity contribution in [1.82, 2.24) is 9.88 Å². The molecule has 0 spiro atoms. The van der Waals surface area contributed by atoms with Crippen LogP contribution in [0.5, 0.6) is 5.75 Å². The van der Waals surface area contributed by atoms with Gasteiger partial charge in [-0.3, -0.25) is 9.78 Å². The monoisotopic (exact) mass is 312 g/mol. The van der Waals surface area contributed by atoms with Crippen LogP contribution in [0.25, 0.3) is 0 Å². The molecule has 5 heteroatoms. The molecule has 2 aromatic rings. The van der Waals surface area contributed by atoms with Gasteiger partial charge >= 0.3 is 0 Å². The highest BCUT2D eigenvalue weighted by Gasteiger charge is 2.39. The number of nitrogens with zero attached hydrogens (tertiary/aromatic N) is 2. The molecule has 1 aliphatic rings. The van der Waals surface area contributed by atoms with E-state index in [0.717, 1.165) is 11.3 Å². The molecule has 2 heterocycles. The highest BCUT2D eigenvalue weighted by atomic mass is 16.5. The van der Waals surface area contributed by atoms with Crippen LogP contribution in [0.3, 0.4) is 0 Å². The first-order valence-corrected chi connectivity index (χ1v) is 7.68. The largest absolute Gasteiger partial charge is 0.491 e. The Morgan fingerprint density at radius 2 is 2.13 bits per heavy atom. The molecular weight excluding hydrogens is 292 g/mol. The number of carbonyl (C=O) groups excluding carboxylic acids is 1. The first kappa shape index (κ1) is 15.5. The van der Waals surface area contributed by atoms with Gasteiger partial charge in [-0.15, -0.1) is 0 Å². The molecule has 1 aromatic carbocycles. The third-order valence-electron chi connectivity index (χ3n) is 4.12. The minimum atomic E-state index is -1.01. The molecule has 5 nitrogen and oxygen atoms in total. The van der Waals surface area contributed by atoms with Gasteiger partial charge in [-0.2, -0.15) is 0 Å². The number of para-hydroxylation sites is 1. The van der Waals surface area contributed by atoms with Gasteiger partial charge in [-0.1, -0.05) is 18.2 Å². The van der Waals surface area contributed by atoms with E-state index in [4.69, 9.17) is 4.74 Å². The number of likely N-dealkylation sites (tertiary alicyclic amines) is 1. The Labute approximate surface area is 135 Å². The van der Waals surface area contributed by atoms with E-state index in [9.17, 15) is 9.90 Å². The third-order valence-corrected chi connectivity index (χ3v) is 4.12. The van der Waals surface area contributed by atoms with Gasteiger partial charge in [0.05, 0.1) is 6.54 Å². The summed E-state index contributed by atoms with van der Waals surface area (Å²) in [5.41, 5.74) is 0.466. The molecule has 0 radical (unpaired) electrons. The number of aromatic nitrogens is 1. The first-order chi connectivity index (χ1) is 11.1. The Morgan fingerprint density at radius 1 is 1.35 bits per heavy atom. The van der Waals surface area contributed by atoms with Gasteiger partial charge in [0.1, 0.15) is 18.0 Å². The predicted octanol–water partition coefficient (Wildman–Crippen LogP) is 2.05. The first-order valence-electron chi connectivity index (χ1n) is 7.68. The molecule has 1 amide bonds. The number of aryl methyl sites for hydroxylation is 1. The van der Waals surface area contributed by atoms with Crippen molar-refractivity contribution in [2.24, 2.45) is 0 Å². The van der Waals surface area contributed by atoms with Gasteiger partial charge in [-0.05, 0) is 37.1 Å². The topological polar surface area (TPSA) is 62.7 Å². The number of hydrogen-bond acceptors (Lipinski definition) is 4. The molecule has 1 unspecified atom stereocenters. The van der Waals surface area contributed by atoms with E-state index in [1.165, 1.54) is 0 Å². The minimum Gasteiger partial charge on any atom is -0.491 e. The van der Waals surface area contributed by atoms with E-state index < -0.39 is 5.60 Å². The average molecular weight is 312 g/mol. The van der Waals surface area contributed by atoms with Crippen molar-refractivity contribution in [3.63, 3.8) is 0 Å². The van der Waals surface area contributed by atoms with Crippen LogP contribution in [0.15, 0.2) is 48.8 Å². The summed E-state index contributed by atoms with van der Waals surface area (Å²) < 4.78 is 5.65. The number of hydrogen-bond donors (Lipinski definition) is 1. The van der Waals surface area contributed by atoms with Crippen LogP contribution in [-0.4, -0.2) is 46.2 Å².